The Morgan fingerprint density at radius 3 is 1.95 bits per heavy atom. The maximum atomic E-state index is 11.0. The van der Waals surface area contributed by atoms with Crippen molar-refractivity contribution in [1.82, 2.24) is 0 Å². The molecule has 22 heavy (non-hydrogen) atoms. The molecule has 0 unspecified atom stereocenters. The second-order valence-corrected chi connectivity index (χ2v) is 5.38. The monoisotopic (exact) mass is 322 g/mol. The van der Waals surface area contributed by atoms with E-state index in [-0.39, 0.29) is 24.2 Å². The van der Waals surface area contributed by atoms with Crippen molar-refractivity contribution in [1.29, 1.82) is 0 Å². The molecular formula is C10H7LiN2O8S. The van der Waals surface area contributed by atoms with Crippen LogP contribution in [0.15, 0.2) is 29.2 Å². The van der Waals surface area contributed by atoms with E-state index < -0.39 is 47.4 Å². The number of hydrogen-bond donors (Lipinski definition) is 2. The van der Waals surface area contributed by atoms with Gasteiger partial charge in [0.15, 0.2) is 0 Å². The van der Waals surface area contributed by atoms with Crippen molar-refractivity contribution in [2.24, 2.45) is 0 Å². The Hall–Kier alpha value is -2.19. The van der Waals surface area contributed by atoms with E-state index in [0.29, 0.717) is 6.07 Å². The molecule has 0 bridgehead atoms. The van der Waals surface area contributed by atoms with Crippen molar-refractivity contribution in [3.63, 3.8) is 0 Å². The number of aromatic hydroxyl groups is 1. The minimum absolute atomic E-state index is 0. The summed E-state index contributed by atoms with van der Waals surface area (Å²) in [5.74, 6) is -0.925. The van der Waals surface area contributed by atoms with Gasteiger partial charge in [-0.25, -0.2) is 0 Å². The van der Waals surface area contributed by atoms with Crippen LogP contribution in [0.1, 0.15) is 0 Å². The molecule has 0 atom stereocenters. The van der Waals surface area contributed by atoms with E-state index in [1.807, 2.05) is 0 Å². The second-order valence-electron chi connectivity index (χ2n) is 3.96. The SMILES string of the molecule is O=[N+]([O-])c1cc([N+](=O)[O-])c2ccc(S(=O)(=O)O)cc2c1O.[LiH]. The number of non-ortho nitro benzene ring substituents is 1. The van der Waals surface area contributed by atoms with E-state index in [2.05, 4.69) is 0 Å². The van der Waals surface area contributed by atoms with E-state index in [1.54, 1.807) is 0 Å². The van der Waals surface area contributed by atoms with Gasteiger partial charge in [0.1, 0.15) is 0 Å². The molecule has 0 saturated heterocycles. The average Bonchev–Trinajstić information content (AvgIpc) is 2.36. The van der Waals surface area contributed by atoms with Crippen molar-refractivity contribution >= 4 is 51.1 Å². The number of fused-ring (bicyclic) bond motifs is 1. The molecule has 2 N–H and O–H groups in total. The predicted molar refractivity (Wildman–Crippen MR) is 75.9 cm³/mol. The second kappa shape index (κ2) is 5.89. The molecule has 0 aromatic heterocycles. The fourth-order valence-corrected chi connectivity index (χ4v) is 2.31. The molecule has 112 valence electrons. The van der Waals surface area contributed by atoms with E-state index in [1.165, 1.54) is 0 Å². The van der Waals surface area contributed by atoms with E-state index in [0.717, 1.165) is 18.2 Å². The average molecular weight is 322 g/mol. The molecular weight excluding hydrogens is 315 g/mol. The van der Waals surface area contributed by atoms with E-state index in [9.17, 15) is 33.8 Å². The number of nitro benzene ring substituents is 2. The maximum absolute atomic E-state index is 11.0. The van der Waals surface area contributed by atoms with Crippen LogP contribution < -0.4 is 0 Å². The summed E-state index contributed by atoms with van der Waals surface area (Å²) in [5, 5.41) is 30.8. The van der Waals surface area contributed by atoms with Crippen molar-refractivity contribution in [3.8, 4) is 5.75 Å². The Morgan fingerprint density at radius 2 is 1.50 bits per heavy atom. The summed E-state index contributed by atoms with van der Waals surface area (Å²) in [6, 6.07) is 3.15. The van der Waals surface area contributed by atoms with Gasteiger partial charge in [0.05, 0.1) is 26.2 Å². The van der Waals surface area contributed by atoms with Crippen LogP contribution in [-0.2, 0) is 10.1 Å². The van der Waals surface area contributed by atoms with Gasteiger partial charge in [-0.05, 0) is 18.2 Å². The van der Waals surface area contributed by atoms with Crippen LogP contribution in [0, 0.1) is 20.2 Å². The molecule has 0 aliphatic rings. The van der Waals surface area contributed by atoms with Crippen LogP contribution in [0.3, 0.4) is 0 Å². The van der Waals surface area contributed by atoms with Gasteiger partial charge in [0, 0.05) is 5.39 Å². The first-order chi connectivity index (χ1) is 9.62. The Balaban J connectivity index is 0.00000242. The fraction of sp³-hybridized carbons (Fsp3) is 0. The van der Waals surface area contributed by atoms with Crippen molar-refractivity contribution < 1.29 is 27.9 Å². The third-order valence-corrected chi connectivity index (χ3v) is 3.58. The van der Waals surface area contributed by atoms with Gasteiger partial charge < -0.3 is 5.11 Å². The molecule has 0 spiro atoms. The summed E-state index contributed by atoms with van der Waals surface area (Å²) >= 11 is 0. The molecule has 0 aliphatic carbocycles. The van der Waals surface area contributed by atoms with Gasteiger partial charge in [-0.3, -0.25) is 24.8 Å². The third kappa shape index (κ3) is 3.02. The van der Waals surface area contributed by atoms with Crippen molar-refractivity contribution in [2.75, 3.05) is 0 Å². The Labute approximate surface area is 134 Å². The number of phenolic OH excluding ortho intramolecular Hbond substituents is 1. The molecule has 12 heteroatoms. The normalized spacial score (nSPS) is 11.0. The first kappa shape index (κ1) is 17.9. The van der Waals surface area contributed by atoms with Gasteiger partial charge in [0.2, 0.25) is 5.75 Å². The molecule has 0 saturated carbocycles. The van der Waals surface area contributed by atoms with Gasteiger partial charge in [-0.1, -0.05) is 0 Å². The zero-order valence-electron chi connectivity index (χ0n) is 9.96. The quantitative estimate of drug-likeness (QED) is 0.365. The summed E-state index contributed by atoms with van der Waals surface area (Å²) in [6.07, 6.45) is 0. The Kier molecular flexibility index (Phi) is 4.78. The predicted octanol–water partition coefficient (Wildman–Crippen LogP) is 0.960. The first-order valence-corrected chi connectivity index (χ1v) is 6.63. The summed E-state index contributed by atoms with van der Waals surface area (Å²) in [7, 11) is -4.63. The molecule has 10 nitrogen and oxygen atoms in total. The van der Waals surface area contributed by atoms with Crippen LogP contribution in [0.25, 0.3) is 10.8 Å². The number of nitrogens with zero attached hydrogens (tertiary/aromatic N) is 2. The summed E-state index contributed by atoms with van der Waals surface area (Å²) in [4.78, 5) is 19.1. The molecule has 0 heterocycles. The molecule has 0 amide bonds. The van der Waals surface area contributed by atoms with Crippen LogP contribution in [0.5, 0.6) is 5.75 Å². The zero-order chi connectivity index (χ0) is 15.9. The first-order valence-electron chi connectivity index (χ1n) is 5.19. The van der Waals surface area contributed by atoms with Gasteiger partial charge in [-0.15, -0.1) is 0 Å². The van der Waals surface area contributed by atoms with Crippen molar-refractivity contribution in [2.45, 2.75) is 4.90 Å². The molecule has 2 aromatic carbocycles. The van der Waals surface area contributed by atoms with Gasteiger partial charge in [0.25, 0.3) is 15.8 Å². The van der Waals surface area contributed by atoms with Crippen LogP contribution >= 0.6 is 0 Å². The standard InChI is InChI=1S/C10H6N2O8S.Li.H/c13-10-7-3-5(21(18,19)20)1-2-6(7)8(11(14)15)4-9(10)12(16)17;;/h1-4,13H,(H,18,19,20);;. The van der Waals surface area contributed by atoms with E-state index in [4.69, 9.17) is 4.55 Å². The molecule has 2 rings (SSSR count). The number of hydrogen-bond acceptors (Lipinski definition) is 7. The van der Waals surface area contributed by atoms with Crippen LogP contribution in [0.4, 0.5) is 11.4 Å². The third-order valence-electron chi connectivity index (χ3n) is 2.73. The zero-order valence-corrected chi connectivity index (χ0v) is 10.8. The Morgan fingerprint density at radius 1 is 0.955 bits per heavy atom. The molecule has 0 radical (unpaired) electrons. The number of phenols is 1. The summed E-state index contributed by atoms with van der Waals surface area (Å²) < 4.78 is 31.0. The Bertz CT molecular complexity index is 895. The summed E-state index contributed by atoms with van der Waals surface area (Å²) in [6.45, 7) is 0. The molecule has 0 aliphatic heterocycles. The van der Waals surface area contributed by atoms with Crippen LogP contribution in [-0.4, -0.2) is 46.8 Å². The van der Waals surface area contributed by atoms with Crippen molar-refractivity contribution in [3.05, 3.63) is 44.5 Å². The van der Waals surface area contributed by atoms with Gasteiger partial charge >= 0.3 is 24.5 Å². The van der Waals surface area contributed by atoms with E-state index >= 15 is 0 Å². The molecule has 2 aromatic rings. The van der Waals surface area contributed by atoms with Crippen LogP contribution in [0.2, 0.25) is 0 Å². The summed E-state index contributed by atoms with van der Waals surface area (Å²) in [5.41, 5.74) is -1.61. The van der Waals surface area contributed by atoms with Gasteiger partial charge in [-0.2, -0.15) is 8.42 Å². The number of nitro groups is 2. The fourth-order valence-electron chi connectivity index (χ4n) is 1.81. The number of benzene rings is 2. The minimum atomic E-state index is -4.63. The topological polar surface area (TPSA) is 161 Å². The number of rotatable bonds is 3. The molecule has 0 fully saturated rings.